The Balaban J connectivity index is 1.54. The van der Waals surface area contributed by atoms with Crippen molar-refractivity contribution in [3.8, 4) is 10.6 Å². The molecule has 23 heavy (non-hydrogen) atoms. The van der Waals surface area contributed by atoms with E-state index in [4.69, 9.17) is 0 Å². The van der Waals surface area contributed by atoms with Crippen molar-refractivity contribution >= 4 is 17.2 Å². The van der Waals surface area contributed by atoms with E-state index in [2.05, 4.69) is 15.3 Å². The highest BCUT2D eigenvalue weighted by atomic mass is 32.1. The molecule has 0 unspecified atom stereocenters. The van der Waals surface area contributed by atoms with Crippen LogP contribution in [0.5, 0.6) is 0 Å². The van der Waals surface area contributed by atoms with Crippen LogP contribution >= 0.6 is 11.3 Å². The Hall–Kier alpha value is -1.75. The van der Waals surface area contributed by atoms with Gasteiger partial charge in [0.2, 0.25) is 5.91 Å². The van der Waals surface area contributed by atoms with Gasteiger partial charge in [0, 0.05) is 41.7 Å². The van der Waals surface area contributed by atoms with Gasteiger partial charge in [-0.2, -0.15) is 0 Å². The Morgan fingerprint density at radius 3 is 2.91 bits per heavy atom. The first-order valence-electron chi connectivity index (χ1n) is 8.38. The molecular weight excluding hydrogens is 306 g/mol. The number of pyridine rings is 1. The number of amides is 1. The Labute approximate surface area is 141 Å². The number of thiazole rings is 1. The van der Waals surface area contributed by atoms with E-state index in [1.807, 2.05) is 25.3 Å². The van der Waals surface area contributed by atoms with Crippen LogP contribution in [0.1, 0.15) is 42.7 Å². The summed E-state index contributed by atoms with van der Waals surface area (Å²) in [5.41, 5.74) is 2.11. The van der Waals surface area contributed by atoms with Gasteiger partial charge in [-0.3, -0.25) is 9.78 Å². The first-order chi connectivity index (χ1) is 11.2. The van der Waals surface area contributed by atoms with E-state index in [9.17, 15) is 4.79 Å². The predicted octanol–water partition coefficient (Wildman–Crippen LogP) is 3.75. The zero-order valence-electron chi connectivity index (χ0n) is 13.5. The summed E-state index contributed by atoms with van der Waals surface area (Å²) in [6, 6.07) is 3.95. The molecule has 3 rings (SSSR count). The number of carbonyl (C=O) groups excluding carboxylic acids is 1. The molecule has 1 aliphatic carbocycles. The van der Waals surface area contributed by atoms with Gasteiger partial charge in [0.1, 0.15) is 5.01 Å². The quantitative estimate of drug-likeness (QED) is 0.909. The summed E-state index contributed by atoms with van der Waals surface area (Å²) in [5.74, 6) is 0.469. The molecule has 2 aromatic rings. The molecule has 1 fully saturated rings. The summed E-state index contributed by atoms with van der Waals surface area (Å²) < 4.78 is 0. The van der Waals surface area contributed by atoms with Crippen LogP contribution in [-0.2, 0) is 11.2 Å². The molecule has 0 bridgehead atoms. The third-order valence-electron chi connectivity index (χ3n) is 4.43. The molecule has 0 atom stereocenters. The van der Waals surface area contributed by atoms with Crippen molar-refractivity contribution in [3.05, 3.63) is 35.1 Å². The largest absolute Gasteiger partial charge is 0.356 e. The number of aromatic nitrogens is 2. The SMILES string of the molecule is Cc1nc(-c2cccnc2)sc1CCNC(=O)C1CCCCC1. The van der Waals surface area contributed by atoms with Gasteiger partial charge in [-0.15, -0.1) is 11.3 Å². The van der Waals surface area contributed by atoms with E-state index in [0.29, 0.717) is 6.54 Å². The van der Waals surface area contributed by atoms with E-state index in [1.165, 1.54) is 24.1 Å². The van der Waals surface area contributed by atoms with Gasteiger partial charge in [-0.25, -0.2) is 4.98 Å². The Morgan fingerprint density at radius 1 is 1.35 bits per heavy atom. The Bertz CT molecular complexity index is 648. The molecule has 4 nitrogen and oxygen atoms in total. The van der Waals surface area contributed by atoms with Crippen LogP contribution in [0.2, 0.25) is 0 Å². The monoisotopic (exact) mass is 329 g/mol. The smallest absolute Gasteiger partial charge is 0.223 e. The summed E-state index contributed by atoms with van der Waals surface area (Å²) in [4.78, 5) is 22.2. The maximum Gasteiger partial charge on any atom is 0.223 e. The van der Waals surface area contributed by atoms with E-state index in [0.717, 1.165) is 35.5 Å². The fourth-order valence-corrected chi connectivity index (χ4v) is 4.13. The fraction of sp³-hybridized carbons (Fsp3) is 0.500. The molecule has 1 aliphatic rings. The van der Waals surface area contributed by atoms with Crippen molar-refractivity contribution in [2.75, 3.05) is 6.54 Å². The van der Waals surface area contributed by atoms with Crippen LogP contribution in [0, 0.1) is 12.8 Å². The van der Waals surface area contributed by atoms with Crippen LogP contribution in [0.3, 0.4) is 0 Å². The minimum Gasteiger partial charge on any atom is -0.356 e. The molecule has 122 valence electrons. The second-order valence-electron chi connectivity index (χ2n) is 6.15. The third-order valence-corrected chi connectivity index (χ3v) is 5.69. The maximum atomic E-state index is 12.2. The lowest BCUT2D eigenvalue weighted by atomic mass is 9.89. The van der Waals surface area contributed by atoms with Gasteiger partial charge in [0.05, 0.1) is 5.69 Å². The van der Waals surface area contributed by atoms with Crippen LogP contribution < -0.4 is 5.32 Å². The highest BCUT2D eigenvalue weighted by molar-refractivity contribution is 7.15. The molecule has 0 aliphatic heterocycles. The summed E-state index contributed by atoms with van der Waals surface area (Å²) >= 11 is 1.70. The number of nitrogens with zero attached hydrogens (tertiary/aromatic N) is 2. The topological polar surface area (TPSA) is 54.9 Å². The van der Waals surface area contributed by atoms with Gasteiger partial charge in [-0.1, -0.05) is 19.3 Å². The average molecular weight is 329 g/mol. The number of rotatable bonds is 5. The normalized spacial score (nSPS) is 15.5. The van der Waals surface area contributed by atoms with Crippen molar-refractivity contribution in [2.24, 2.45) is 5.92 Å². The lowest BCUT2D eigenvalue weighted by molar-refractivity contribution is -0.125. The lowest BCUT2D eigenvalue weighted by Crippen LogP contribution is -2.33. The van der Waals surface area contributed by atoms with Gasteiger partial charge in [0.25, 0.3) is 0 Å². The zero-order valence-corrected chi connectivity index (χ0v) is 14.4. The molecule has 0 aromatic carbocycles. The fourth-order valence-electron chi connectivity index (χ4n) is 3.08. The first kappa shape index (κ1) is 16.1. The van der Waals surface area contributed by atoms with Crippen LogP contribution in [-0.4, -0.2) is 22.4 Å². The molecule has 0 saturated heterocycles. The van der Waals surface area contributed by atoms with Crippen molar-refractivity contribution in [3.63, 3.8) is 0 Å². The molecule has 1 N–H and O–H groups in total. The van der Waals surface area contributed by atoms with Crippen LogP contribution in [0.25, 0.3) is 10.6 Å². The molecule has 1 amide bonds. The van der Waals surface area contributed by atoms with Gasteiger partial charge < -0.3 is 5.32 Å². The van der Waals surface area contributed by atoms with Gasteiger partial charge in [0.15, 0.2) is 0 Å². The first-order valence-corrected chi connectivity index (χ1v) is 9.20. The third kappa shape index (κ3) is 4.16. The molecule has 5 heteroatoms. The number of aryl methyl sites for hydroxylation is 1. The summed E-state index contributed by atoms with van der Waals surface area (Å²) in [6.07, 6.45) is 10.2. The predicted molar refractivity (Wildman–Crippen MR) is 93.4 cm³/mol. The maximum absolute atomic E-state index is 12.2. The van der Waals surface area contributed by atoms with Crippen LogP contribution in [0.4, 0.5) is 0 Å². The number of carbonyl (C=O) groups is 1. The zero-order chi connectivity index (χ0) is 16.1. The average Bonchev–Trinajstić information content (AvgIpc) is 2.97. The molecule has 0 radical (unpaired) electrons. The minimum absolute atomic E-state index is 0.234. The van der Waals surface area contributed by atoms with Crippen molar-refractivity contribution in [1.29, 1.82) is 0 Å². The van der Waals surface area contributed by atoms with E-state index in [1.54, 1.807) is 17.5 Å². The molecule has 2 heterocycles. The van der Waals surface area contributed by atoms with Crippen LogP contribution in [0.15, 0.2) is 24.5 Å². The van der Waals surface area contributed by atoms with Crippen molar-refractivity contribution in [2.45, 2.75) is 45.4 Å². The summed E-state index contributed by atoms with van der Waals surface area (Å²) in [5, 5.41) is 4.11. The molecule has 0 spiro atoms. The van der Waals surface area contributed by atoms with E-state index < -0.39 is 0 Å². The standard InChI is InChI=1S/C18H23N3OS/c1-13-16(23-18(21-13)15-8-5-10-19-12-15)9-11-20-17(22)14-6-3-2-4-7-14/h5,8,10,12,14H,2-4,6-7,9,11H2,1H3,(H,20,22). The second-order valence-corrected chi connectivity index (χ2v) is 7.23. The summed E-state index contributed by atoms with van der Waals surface area (Å²) in [6.45, 7) is 2.74. The Kier molecular flexibility index (Phi) is 5.39. The Morgan fingerprint density at radius 2 is 2.17 bits per heavy atom. The second kappa shape index (κ2) is 7.68. The van der Waals surface area contributed by atoms with Gasteiger partial charge in [-0.05, 0) is 31.9 Å². The molecule has 1 saturated carbocycles. The van der Waals surface area contributed by atoms with Crippen molar-refractivity contribution < 1.29 is 4.79 Å². The number of hydrogen-bond acceptors (Lipinski definition) is 4. The summed E-state index contributed by atoms with van der Waals surface area (Å²) in [7, 11) is 0. The van der Waals surface area contributed by atoms with E-state index in [-0.39, 0.29) is 11.8 Å². The highest BCUT2D eigenvalue weighted by Crippen LogP contribution is 2.27. The molecule has 2 aromatic heterocycles. The van der Waals surface area contributed by atoms with Crippen molar-refractivity contribution in [1.82, 2.24) is 15.3 Å². The molecular formula is C18H23N3OS. The lowest BCUT2D eigenvalue weighted by Gasteiger charge is -2.20. The number of hydrogen-bond donors (Lipinski definition) is 1. The minimum atomic E-state index is 0.234. The number of nitrogens with one attached hydrogen (secondary N) is 1. The van der Waals surface area contributed by atoms with Gasteiger partial charge >= 0.3 is 0 Å². The van der Waals surface area contributed by atoms with E-state index >= 15 is 0 Å². The highest BCUT2D eigenvalue weighted by Gasteiger charge is 2.20.